The van der Waals surface area contributed by atoms with Crippen LogP contribution in [0.1, 0.15) is 56.1 Å². The van der Waals surface area contributed by atoms with Gasteiger partial charge in [0.25, 0.3) is 0 Å². The zero-order valence-corrected chi connectivity index (χ0v) is 12.9. The topological polar surface area (TPSA) is 29.3 Å². The second kappa shape index (κ2) is 6.45. The van der Waals surface area contributed by atoms with Gasteiger partial charge in [0, 0.05) is 18.7 Å². The fourth-order valence-corrected chi connectivity index (χ4v) is 4.13. The van der Waals surface area contributed by atoms with Crippen molar-refractivity contribution in [1.82, 2.24) is 4.90 Å². The number of nitrogens with zero attached hydrogens (tertiary/aromatic N) is 1. The minimum atomic E-state index is -0.180. The summed E-state index contributed by atoms with van der Waals surface area (Å²) < 4.78 is 13.5. The van der Waals surface area contributed by atoms with Crippen LogP contribution in [-0.2, 0) is 13.1 Å². The summed E-state index contributed by atoms with van der Waals surface area (Å²) in [6, 6.07) is 5.39. The molecule has 3 rings (SSSR count). The van der Waals surface area contributed by atoms with Crippen molar-refractivity contribution < 1.29 is 4.39 Å². The lowest BCUT2D eigenvalue weighted by molar-refractivity contribution is 0.0641. The number of nitrogens with two attached hydrogens (primary N) is 1. The van der Waals surface area contributed by atoms with Crippen molar-refractivity contribution in [1.29, 1.82) is 0 Å². The van der Waals surface area contributed by atoms with Gasteiger partial charge in [-0.2, -0.15) is 0 Å². The summed E-state index contributed by atoms with van der Waals surface area (Å²) in [6.45, 7) is 3.59. The number of halogens is 1. The molecule has 1 aromatic rings. The SMILES string of the molecule is NCc1cc(CN2CCC3(CCCCC3)CC2)ccc1F. The lowest BCUT2D eigenvalue weighted by Gasteiger charge is -2.44. The zero-order chi connectivity index (χ0) is 14.7. The second-order valence-corrected chi connectivity index (χ2v) is 6.97. The van der Waals surface area contributed by atoms with Gasteiger partial charge in [-0.25, -0.2) is 4.39 Å². The molecule has 0 radical (unpaired) electrons. The molecule has 0 atom stereocenters. The standard InChI is InChI=1S/C18H27FN2/c19-17-5-4-15(12-16(17)13-20)14-21-10-8-18(9-11-21)6-2-1-3-7-18/h4-5,12H,1-3,6-11,13-14,20H2. The molecule has 2 nitrogen and oxygen atoms in total. The molecule has 2 N–H and O–H groups in total. The Labute approximate surface area is 127 Å². The molecule has 0 aromatic heterocycles. The number of hydrogen-bond acceptors (Lipinski definition) is 2. The quantitative estimate of drug-likeness (QED) is 0.916. The van der Waals surface area contributed by atoms with Gasteiger partial charge >= 0.3 is 0 Å². The largest absolute Gasteiger partial charge is 0.326 e. The smallest absolute Gasteiger partial charge is 0.127 e. The summed E-state index contributed by atoms with van der Waals surface area (Å²) in [7, 11) is 0. The molecule has 1 spiro atoms. The lowest BCUT2D eigenvalue weighted by atomic mass is 9.68. The Morgan fingerprint density at radius 3 is 2.43 bits per heavy atom. The molecule has 2 fully saturated rings. The van der Waals surface area contributed by atoms with Gasteiger partial charge in [-0.15, -0.1) is 0 Å². The first-order valence-corrected chi connectivity index (χ1v) is 8.41. The molecular formula is C18H27FN2. The average Bonchev–Trinajstić information content (AvgIpc) is 2.52. The highest BCUT2D eigenvalue weighted by atomic mass is 19.1. The van der Waals surface area contributed by atoms with Crippen molar-refractivity contribution in [2.24, 2.45) is 11.1 Å². The molecule has 1 heterocycles. The maximum atomic E-state index is 13.5. The average molecular weight is 290 g/mol. The first-order chi connectivity index (χ1) is 10.2. The van der Waals surface area contributed by atoms with Gasteiger partial charge in [0.2, 0.25) is 0 Å². The molecule has 2 aliphatic rings. The molecular weight excluding hydrogens is 263 g/mol. The number of rotatable bonds is 3. The molecule has 3 heteroatoms. The van der Waals surface area contributed by atoms with E-state index in [4.69, 9.17) is 5.73 Å². The number of piperidine rings is 1. The van der Waals surface area contributed by atoms with Crippen LogP contribution in [-0.4, -0.2) is 18.0 Å². The van der Waals surface area contributed by atoms with Gasteiger partial charge in [0.1, 0.15) is 5.82 Å². The highest BCUT2D eigenvalue weighted by Gasteiger charge is 2.35. The molecule has 1 saturated heterocycles. The Morgan fingerprint density at radius 1 is 1.05 bits per heavy atom. The van der Waals surface area contributed by atoms with Crippen LogP contribution in [0, 0.1) is 11.2 Å². The summed E-state index contributed by atoms with van der Waals surface area (Å²) in [5.41, 5.74) is 8.07. The number of benzene rings is 1. The van der Waals surface area contributed by atoms with Gasteiger partial charge in [-0.3, -0.25) is 4.90 Å². The van der Waals surface area contributed by atoms with Crippen LogP contribution in [0.25, 0.3) is 0 Å². The summed E-state index contributed by atoms with van der Waals surface area (Å²) in [5.74, 6) is -0.180. The lowest BCUT2D eigenvalue weighted by Crippen LogP contribution is -2.40. The molecule has 0 unspecified atom stereocenters. The second-order valence-electron chi connectivity index (χ2n) is 6.97. The van der Waals surface area contributed by atoms with Gasteiger partial charge in [-0.05, 0) is 55.8 Å². The predicted molar refractivity (Wildman–Crippen MR) is 84.3 cm³/mol. The summed E-state index contributed by atoms with van der Waals surface area (Å²) in [5, 5.41) is 0. The number of likely N-dealkylation sites (tertiary alicyclic amines) is 1. The monoisotopic (exact) mass is 290 g/mol. The Hall–Kier alpha value is -0.930. The summed E-state index contributed by atoms with van der Waals surface area (Å²) in [6.07, 6.45) is 9.86. The third kappa shape index (κ3) is 3.46. The van der Waals surface area contributed by atoms with Crippen LogP contribution in [0.2, 0.25) is 0 Å². The fourth-order valence-electron chi connectivity index (χ4n) is 4.13. The van der Waals surface area contributed by atoms with E-state index in [1.54, 1.807) is 6.07 Å². The molecule has 1 aromatic carbocycles. The van der Waals surface area contributed by atoms with E-state index >= 15 is 0 Å². The highest BCUT2D eigenvalue weighted by Crippen LogP contribution is 2.44. The molecule has 0 amide bonds. The van der Waals surface area contributed by atoms with E-state index in [0.29, 0.717) is 11.0 Å². The fraction of sp³-hybridized carbons (Fsp3) is 0.667. The highest BCUT2D eigenvalue weighted by molar-refractivity contribution is 5.25. The normalized spacial score (nSPS) is 22.6. The molecule has 116 valence electrons. The van der Waals surface area contributed by atoms with Crippen molar-refractivity contribution in [3.05, 3.63) is 35.1 Å². The van der Waals surface area contributed by atoms with E-state index < -0.39 is 0 Å². The maximum Gasteiger partial charge on any atom is 0.127 e. The van der Waals surface area contributed by atoms with Crippen LogP contribution in [0.4, 0.5) is 4.39 Å². The van der Waals surface area contributed by atoms with E-state index in [9.17, 15) is 4.39 Å². The Balaban J connectivity index is 1.57. The van der Waals surface area contributed by atoms with Crippen molar-refractivity contribution in [3.8, 4) is 0 Å². The Bertz CT molecular complexity index is 470. The van der Waals surface area contributed by atoms with E-state index in [-0.39, 0.29) is 12.4 Å². The van der Waals surface area contributed by atoms with Crippen LogP contribution in [0.5, 0.6) is 0 Å². The van der Waals surface area contributed by atoms with E-state index in [0.717, 1.165) is 6.54 Å². The van der Waals surface area contributed by atoms with Crippen LogP contribution >= 0.6 is 0 Å². The molecule has 21 heavy (non-hydrogen) atoms. The van der Waals surface area contributed by atoms with E-state index in [1.165, 1.54) is 63.6 Å². The molecule has 1 aliphatic heterocycles. The predicted octanol–water partition coefficient (Wildman–Crippen LogP) is 3.83. The third-order valence-electron chi connectivity index (χ3n) is 5.57. The van der Waals surface area contributed by atoms with Crippen molar-refractivity contribution in [3.63, 3.8) is 0 Å². The Kier molecular flexibility index (Phi) is 4.60. The van der Waals surface area contributed by atoms with Gasteiger partial charge in [0.05, 0.1) is 0 Å². The first kappa shape index (κ1) is 15.0. The minimum absolute atomic E-state index is 0.180. The van der Waals surface area contributed by atoms with Crippen molar-refractivity contribution in [2.45, 2.75) is 58.0 Å². The molecule has 0 bridgehead atoms. The van der Waals surface area contributed by atoms with Gasteiger partial charge in [0.15, 0.2) is 0 Å². The van der Waals surface area contributed by atoms with E-state index in [1.807, 2.05) is 12.1 Å². The molecule has 1 saturated carbocycles. The third-order valence-corrected chi connectivity index (χ3v) is 5.57. The van der Waals surface area contributed by atoms with Crippen molar-refractivity contribution in [2.75, 3.05) is 13.1 Å². The first-order valence-electron chi connectivity index (χ1n) is 8.41. The van der Waals surface area contributed by atoms with Crippen molar-refractivity contribution >= 4 is 0 Å². The van der Waals surface area contributed by atoms with E-state index in [2.05, 4.69) is 4.90 Å². The van der Waals surface area contributed by atoms with Crippen LogP contribution < -0.4 is 5.73 Å². The zero-order valence-electron chi connectivity index (χ0n) is 12.9. The minimum Gasteiger partial charge on any atom is -0.326 e. The maximum absolute atomic E-state index is 13.5. The number of hydrogen-bond donors (Lipinski definition) is 1. The van der Waals surface area contributed by atoms with Gasteiger partial charge < -0.3 is 5.73 Å². The summed E-state index contributed by atoms with van der Waals surface area (Å²) >= 11 is 0. The van der Waals surface area contributed by atoms with Gasteiger partial charge in [-0.1, -0.05) is 31.4 Å². The Morgan fingerprint density at radius 2 is 1.76 bits per heavy atom. The van der Waals surface area contributed by atoms with Crippen LogP contribution in [0.3, 0.4) is 0 Å². The summed E-state index contributed by atoms with van der Waals surface area (Å²) in [4.78, 5) is 2.52. The molecule has 1 aliphatic carbocycles. The van der Waals surface area contributed by atoms with Crippen LogP contribution in [0.15, 0.2) is 18.2 Å².